The molecule has 1 nitrogen and oxygen atoms in total. The highest BCUT2D eigenvalue weighted by atomic mass is 16.3. The molecule has 19 heavy (non-hydrogen) atoms. The molecule has 0 heterocycles. The number of phenols is 1. The topological polar surface area (TPSA) is 20.2 Å². The third kappa shape index (κ3) is 3.17. The minimum absolute atomic E-state index is 0.356. The Morgan fingerprint density at radius 2 is 1.05 bits per heavy atom. The van der Waals surface area contributed by atoms with Gasteiger partial charge in [-0.3, -0.25) is 0 Å². The highest BCUT2D eigenvalue weighted by molar-refractivity contribution is 5.67. The van der Waals surface area contributed by atoms with E-state index in [9.17, 15) is 5.11 Å². The van der Waals surface area contributed by atoms with Gasteiger partial charge in [0.1, 0.15) is 5.75 Å². The predicted molar refractivity (Wildman–Crippen MR) is 81.7 cm³/mol. The minimum Gasteiger partial charge on any atom is -0.508 e. The molecule has 100 valence electrons. The van der Waals surface area contributed by atoms with Gasteiger partial charge in [0.15, 0.2) is 0 Å². The third-order valence-electron chi connectivity index (χ3n) is 3.59. The molecule has 0 aromatic heterocycles. The largest absolute Gasteiger partial charge is 0.508 e. The molecule has 0 bridgehead atoms. The van der Waals surface area contributed by atoms with Crippen molar-refractivity contribution < 1.29 is 5.11 Å². The molecule has 0 aliphatic rings. The zero-order valence-corrected chi connectivity index (χ0v) is 12.0. The SMILES string of the molecule is CCc1cc(O)cc(-c2cc(CC)cc(CC)c2)c1. The van der Waals surface area contributed by atoms with Crippen molar-refractivity contribution >= 4 is 0 Å². The summed E-state index contributed by atoms with van der Waals surface area (Å²) in [5, 5.41) is 9.84. The number of hydrogen-bond donors (Lipinski definition) is 1. The number of aryl methyl sites for hydroxylation is 3. The normalized spacial score (nSPS) is 10.7. The Morgan fingerprint density at radius 1 is 0.632 bits per heavy atom. The van der Waals surface area contributed by atoms with Crippen LogP contribution in [0.1, 0.15) is 37.5 Å². The van der Waals surface area contributed by atoms with E-state index in [1.54, 1.807) is 0 Å². The quantitative estimate of drug-likeness (QED) is 0.835. The van der Waals surface area contributed by atoms with Crippen LogP contribution in [0.5, 0.6) is 5.75 Å². The minimum atomic E-state index is 0.356. The molecule has 0 spiro atoms. The molecule has 2 aromatic rings. The van der Waals surface area contributed by atoms with Gasteiger partial charge < -0.3 is 5.11 Å². The van der Waals surface area contributed by atoms with Crippen LogP contribution in [0.4, 0.5) is 0 Å². The summed E-state index contributed by atoms with van der Waals surface area (Å²) in [6.07, 6.45) is 3.02. The molecule has 1 heteroatoms. The Labute approximate surface area is 115 Å². The smallest absolute Gasteiger partial charge is 0.116 e. The lowest BCUT2D eigenvalue weighted by Crippen LogP contribution is -1.90. The van der Waals surface area contributed by atoms with Crippen molar-refractivity contribution in [3.05, 3.63) is 53.1 Å². The highest BCUT2D eigenvalue weighted by Gasteiger charge is 2.05. The fourth-order valence-electron chi connectivity index (χ4n) is 2.38. The van der Waals surface area contributed by atoms with E-state index in [0.717, 1.165) is 24.8 Å². The molecule has 0 saturated carbocycles. The summed E-state index contributed by atoms with van der Waals surface area (Å²) in [6.45, 7) is 6.47. The van der Waals surface area contributed by atoms with E-state index < -0.39 is 0 Å². The maximum absolute atomic E-state index is 9.84. The maximum Gasteiger partial charge on any atom is 0.116 e. The van der Waals surface area contributed by atoms with Crippen LogP contribution in [0.15, 0.2) is 36.4 Å². The second-order valence-corrected chi connectivity index (χ2v) is 4.99. The number of rotatable bonds is 4. The van der Waals surface area contributed by atoms with Crippen molar-refractivity contribution in [3.63, 3.8) is 0 Å². The molecule has 0 saturated heterocycles. The van der Waals surface area contributed by atoms with Crippen LogP contribution in [-0.2, 0) is 19.3 Å². The van der Waals surface area contributed by atoms with E-state index >= 15 is 0 Å². The number of benzene rings is 2. The third-order valence-corrected chi connectivity index (χ3v) is 3.59. The first-order valence-electron chi connectivity index (χ1n) is 7.12. The van der Waals surface area contributed by atoms with Crippen LogP contribution >= 0.6 is 0 Å². The number of aromatic hydroxyl groups is 1. The Kier molecular flexibility index (Phi) is 4.26. The van der Waals surface area contributed by atoms with Gasteiger partial charge in [0, 0.05) is 0 Å². The van der Waals surface area contributed by atoms with E-state index in [1.807, 2.05) is 12.1 Å². The lowest BCUT2D eigenvalue weighted by atomic mass is 9.96. The summed E-state index contributed by atoms with van der Waals surface area (Å²) in [7, 11) is 0. The second-order valence-electron chi connectivity index (χ2n) is 4.99. The first-order valence-corrected chi connectivity index (χ1v) is 7.12. The zero-order valence-electron chi connectivity index (χ0n) is 12.0. The molecule has 0 radical (unpaired) electrons. The summed E-state index contributed by atoms with van der Waals surface area (Å²) in [5.41, 5.74) is 6.21. The molecule has 0 unspecified atom stereocenters. The molecule has 2 rings (SSSR count). The molecule has 0 amide bonds. The lowest BCUT2D eigenvalue weighted by molar-refractivity contribution is 0.475. The van der Waals surface area contributed by atoms with Gasteiger partial charge in [0.05, 0.1) is 0 Å². The summed E-state index contributed by atoms with van der Waals surface area (Å²) >= 11 is 0. The fraction of sp³-hybridized carbons (Fsp3) is 0.333. The predicted octanol–water partition coefficient (Wildman–Crippen LogP) is 4.75. The Balaban J connectivity index is 2.54. The summed E-state index contributed by atoms with van der Waals surface area (Å²) in [4.78, 5) is 0. The van der Waals surface area contributed by atoms with Crippen molar-refractivity contribution in [1.82, 2.24) is 0 Å². The average Bonchev–Trinajstić information content (AvgIpc) is 2.45. The first-order chi connectivity index (χ1) is 9.16. The van der Waals surface area contributed by atoms with Crippen molar-refractivity contribution in [2.45, 2.75) is 40.0 Å². The second kappa shape index (κ2) is 5.92. The van der Waals surface area contributed by atoms with Crippen LogP contribution in [-0.4, -0.2) is 5.11 Å². The molecular formula is C18H22O. The molecule has 0 aliphatic heterocycles. The first kappa shape index (κ1) is 13.7. The van der Waals surface area contributed by atoms with E-state index in [1.165, 1.54) is 22.3 Å². The van der Waals surface area contributed by atoms with E-state index in [4.69, 9.17) is 0 Å². The van der Waals surface area contributed by atoms with Gasteiger partial charge >= 0.3 is 0 Å². The van der Waals surface area contributed by atoms with Gasteiger partial charge in [0.2, 0.25) is 0 Å². The van der Waals surface area contributed by atoms with Gasteiger partial charge in [-0.1, -0.05) is 45.0 Å². The number of phenolic OH excluding ortho intramolecular Hbond substituents is 1. The van der Waals surface area contributed by atoms with Crippen LogP contribution in [0.25, 0.3) is 11.1 Å². The molecule has 0 aliphatic carbocycles. The molecule has 2 aromatic carbocycles. The maximum atomic E-state index is 9.84. The highest BCUT2D eigenvalue weighted by Crippen LogP contribution is 2.28. The molecule has 0 fully saturated rings. The van der Waals surface area contributed by atoms with Gasteiger partial charge in [-0.2, -0.15) is 0 Å². The standard InChI is InChI=1S/C18H22O/c1-4-13-7-14(5-2)9-16(8-13)17-10-15(6-3)11-18(19)12-17/h7-12,19H,4-6H2,1-3H3. The van der Waals surface area contributed by atoms with Crippen LogP contribution < -0.4 is 0 Å². The van der Waals surface area contributed by atoms with Gasteiger partial charge in [-0.15, -0.1) is 0 Å². The Morgan fingerprint density at radius 3 is 1.53 bits per heavy atom. The molecular weight excluding hydrogens is 232 g/mol. The van der Waals surface area contributed by atoms with Crippen molar-refractivity contribution in [2.75, 3.05) is 0 Å². The Hall–Kier alpha value is -1.76. The summed E-state index contributed by atoms with van der Waals surface area (Å²) in [5.74, 6) is 0.356. The van der Waals surface area contributed by atoms with Crippen molar-refractivity contribution in [3.8, 4) is 16.9 Å². The van der Waals surface area contributed by atoms with E-state index in [0.29, 0.717) is 5.75 Å². The van der Waals surface area contributed by atoms with Crippen molar-refractivity contribution in [1.29, 1.82) is 0 Å². The van der Waals surface area contributed by atoms with E-state index in [2.05, 4.69) is 45.0 Å². The summed E-state index contributed by atoms with van der Waals surface area (Å²) in [6, 6.07) is 12.6. The lowest BCUT2D eigenvalue weighted by Gasteiger charge is -2.10. The van der Waals surface area contributed by atoms with Crippen LogP contribution in [0.2, 0.25) is 0 Å². The van der Waals surface area contributed by atoms with Gasteiger partial charge in [-0.25, -0.2) is 0 Å². The Bertz CT molecular complexity index is 548. The van der Waals surface area contributed by atoms with Gasteiger partial charge in [0.25, 0.3) is 0 Å². The molecule has 1 N–H and O–H groups in total. The van der Waals surface area contributed by atoms with Crippen LogP contribution in [0.3, 0.4) is 0 Å². The number of hydrogen-bond acceptors (Lipinski definition) is 1. The zero-order chi connectivity index (χ0) is 13.8. The van der Waals surface area contributed by atoms with Crippen molar-refractivity contribution in [2.24, 2.45) is 0 Å². The van der Waals surface area contributed by atoms with Crippen LogP contribution in [0, 0.1) is 0 Å². The average molecular weight is 254 g/mol. The molecule has 0 atom stereocenters. The van der Waals surface area contributed by atoms with E-state index in [-0.39, 0.29) is 0 Å². The van der Waals surface area contributed by atoms with Gasteiger partial charge in [-0.05, 0) is 59.2 Å². The summed E-state index contributed by atoms with van der Waals surface area (Å²) < 4.78 is 0. The fourth-order valence-corrected chi connectivity index (χ4v) is 2.38. The monoisotopic (exact) mass is 254 g/mol.